The highest BCUT2D eigenvalue weighted by atomic mass is 19.4. The molecule has 0 fully saturated rings. The minimum Gasteiger partial charge on any atom is -0.508 e. The van der Waals surface area contributed by atoms with Crippen LogP contribution < -0.4 is 0 Å². The van der Waals surface area contributed by atoms with Gasteiger partial charge < -0.3 is 10.3 Å². The first-order valence-electron chi connectivity index (χ1n) is 7.10. The molecular formula is C17H12F3NO3. The summed E-state index contributed by atoms with van der Waals surface area (Å²) in [6, 6.07) is 7.44. The standard InChI is InChI=1S/C17H12F3NO3/c18-17(19,20)14-8-11(22)4-5-12(14)10-2-1-9-3-6-15(21-24)16(23)13(9)7-10/h1-2,4-5,7-8,22,24H,3,6H2/b21-15-. The molecule has 0 spiro atoms. The number of fused-ring (bicyclic) bond motifs is 1. The third-order valence-corrected chi connectivity index (χ3v) is 3.99. The molecule has 0 heterocycles. The zero-order chi connectivity index (χ0) is 17.5. The molecule has 1 aliphatic rings. The Labute approximate surface area is 134 Å². The van der Waals surface area contributed by atoms with Crippen LogP contribution in [0.4, 0.5) is 13.2 Å². The Kier molecular flexibility index (Phi) is 3.79. The van der Waals surface area contributed by atoms with E-state index in [0.717, 1.165) is 12.1 Å². The van der Waals surface area contributed by atoms with Crippen molar-refractivity contribution in [2.75, 3.05) is 0 Å². The van der Waals surface area contributed by atoms with Crippen molar-refractivity contribution in [3.05, 3.63) is 53.1 Å². The van der Waals surface area contributed by atoms with E-state index < -0.39 is 23.3 Å². The lowest BCUT2D eigenvalue weighted by atomic mass is 9.86. The average Bonchev–Trinajstić information content (AvgIpc) is 2.54. The molecule has 4 nitrogen and oxygen atoms in total. The number of phenols is 1. The highest BCUT2D eigenvalue weighted by Crippen LogP contribution is 2.39. The summed E-state index contributed by atoms with van der Waals surface area (Å²) in [6.07, 6.45) is -3.89. The van der Waals surface area contributed by atoms with Gasteiger partial charge in [-0.2, -0.15) is 13.2 Å². The van der Waals surface area contributed by atoms with E-state index in [-0.39, 0.29) is 28.8 Å². The van der Waals surface area contributed by atoms with Crippen molar-refractivity contribution in [1.29, 1.82) is 0 Å². The summed E-state index contributed by atoms with van der Waals surface area (Å²) in [5.41, 5.74) is -0.00281. The Balaban J connectivity index is 2.16. The van der Waals surface area contributed by atoms with Crippen LogP contribution in [0.5, 0.6) is 5.75 Å². The maximum atomic E-state index is 13.2. The van der Waals surface area contributed by atoms with Gasteiger partial charge in [0, 0.05) is 12.0 Å². The zero-order valence-corrected chi connectivity index (χ0v) is 12.3. The first-order valence-corrected chi connectivity index (χ1v) is 7.10. The van der Waals surface area contributed by atoms with E-state index in [1.807, 2.05) is 0 Å². The summed E-state index contributed by atoms with van der Waals surface area (Å²) in [6.45, 7) is 0. The summed E-state index contributed by atoms with van der Waals surface area (Å²) < 4.78 is 39.6. The van der Waals surface area contributed by atoms with Crippen molar-refractivity contribution < 1.29 is 28.3 Å². The molecule has 1 aliphatic carbocycles. The molecule has 0 aliphatic heterocycles. The smallest absolute Gasteiger partial charge is 0.417 e. The number of Topliss-reactive ketones (excluding diaryl/α,β-unsaturated/α-hetero) is 1. The number of phenolic OH excluding ortho intramolecular Hbond substituents is 1. The minimum atomic E-state index is -4.65. The molecule has 0 unspecified atom stereocenters. The second-order valence-corrected chi connectivity index (χ2v) is 5.48. The number of halogens is 3. The molecule has 0 saturated heterocycles. The number of nitrogens with zero attached hydrogens (tertiary/aromatic N) is 1. The van der Waals surface area contributed by atoms with Crippen LogP contribution in [0.25, 0.3) is 11.1 Å². The van der Waals surface area contributed by atoms with Gasteiger partial charge in [0.1, 0.15) is 11.5 Å². The molecule has 3 rings (SSSR count). The van der Waals surface area contributed by atoms with Gasteiger partial charge in [-0.3, -0.25) is 4.79 Å². The van der Waals surface area contributed by atoms with Gasteiger partial charge in [0.25, 0.3) is 0 Å². The second-order valence-electron chi connectivity index (χ2n) is 5.48. The number of ketones is 1. The van der Waals surface area contributed by atoms with Gasteiger partial charge in [0.15, 0.2) is 0 Å². The van der Waals surface area contributed by atoms with Gasteiger partial charge in [0.2, 0.25) is 5.78 Å². The normalized spacial score (nSPS) is 16.3. The van der Waals surface area contributed by atoms with Crippen LogP contribution in [0.2, 0.25) is 0 Å². The number of oxime groups is 1. The molecule has 0 amide bonds. The summed E-state index contributed by atoms with van der Waals surface area (Å²) >= 11 is 0. The summed E-state index contributed by atoms with van der Waals surface area (Å²) in [5, 5.41) is 21.1. The molecule has 2 aromatic rings. The van der Waals surface area contributed by atoms with E-state index in [4.69, 9.17) is 5.21 Å². The van der Waals surface area contributed by atoms with Gasteiger partial charge >= 0.3 is 6.18 Å². The number of aromatic hydroxyl groups is 1. The predicted octanol–water partition coefficient (Wildman–Crippen LogP) is 4.04. The monoisotopic (exact) mass is 335 g/mol. The third-order valence-electron chi connectivity index (χ3n) is 3.99. The van der Waals surface area contributed by atoms with Crippen molar-refractivity contribution in [3.8, 4) is 16.9 Å². The van der Waals surface area contributed by atoms with Gasteiger partial charge in [-0.15, -0.1) is 0 Å². The predicted molar refractivity (Wildman–Crippen MR) is 80.4 cm³/mol. The van der Waals surface area contributed by atoms with Gasteiger partial charge in [-0.1, -0.05) is 23.4 Å². The molecule has 24 heavy (non-hydrogen) atoms. The Hall–Kier alpha value is -2.83. The van der Waals surface area contributed by atoms with E-state index in [1.165, 1.54) is 12.1 Å². The quantitative estimate of drug-likeness (QED) is 0.610. The van der Waals surface area contributed by atoms with Crippen molar-refractivity contribution in [2.24, 2.45) is 5.16 Å². The van der Waals surface area contributed by atoms with Crippen LogP contribution in [0, 0.1) is 0 Å². The fourth-order valence-electron chi connectivity index (χ4n) is 2.81. The molecule has 0 bridgehead atoms. The maximum absolute atomic E-state index is 13.2. The zero-order valence-electron chi connectivity index (χ0n) is 12.3. The van der Waals surface area contributed by atoms with Crippen LogP contribution >= 0.6 is 0 Å². The fourth-order valence-corrected chi connectivity index (χ4v) is 2.81. The van der Waals surface area contributed by atoms with Crippen LogP contribution in [0.1, 0.15) is 27.9 Å². The molecule has 0 atom stereocenters. The van der Waals surface area contributed by atoms with Crippen LogP contribution in [-0.2, 0) is 12.6 Å². The molecular weight excluding hydrogens is 323 g/mol. The Morgan fingerprint density at radius 1 is 1.00 bits per heavy atom. The largest absolute Gasteiger partial charge is 0.508 e. The molecule has 2 aromatic carbocycles. The Bertz CT molecular complexity index is 857. The number of alkyl halides is 3. The van der Waals surface area contributed by atoms with E-state index in [9.17, 15) is 23.1 Å². The first kappa shape index (κ1) is 16.0. The highest BCUT2D eigenvalue weighted by Gasteiger charge is 2.34. The topological polar surface area (TPSA) is 69.9 Å². The van der Waals surface area contributed by atoms with Crippen LogP contribution in [0.3, 0.4) is 0 Å². The number of hydrogen-bond donors (Lipinski definition) is 2. The summed E-state index contributed by atoms with van der Waals surface area (Å²) in [5.74, 6) is -0.984. The fraction of sp³-hybridized carbons (Fsp3) is 0.176. The van der Waals surface area contributed by atoms with E-state index in [1.54, 1.807) is 6.07 Å². The number of aryl methyl sites for hydroxylation is 1. The van der Waals surface area contributed by atoms with Gasteiger partial charge in [-0.05, 0) is 41.3 Å². The van der Waals surface area contributed by atoms with Crippen molar-refractivity contribution in [1.82, 2.24) is 0 Å². The molecule has 0 radical (unpaired) electrons. The van der Waals surface area contributed by atoms with Gasteiger partial charge in [0.05, 0.1) is 5.56 Å². The van der Waals surface area contributed by atoms with Crippen LogP contribution in [0.15, 0.2) is 41.6 Å². The lowest BCUT2D eigenvalue weighted by Crippen LogP contribution is -2.22. The Morgan fingerprint density at radius 3 is 2.42 bits per heavy atom. The van der Waals surface area contributed by atoms with Crippen molar-refractivity contribution >= 4 is 11.5 Å². The van der Waals surface area contributed by atoms with Crippen molar-refractivity contribution in [3.63, 3.8) is 0 Å². The second kappa shape index (κ2) is 5.67. The van der Waals surface area contributed by atoms with E-state index in [2.05, 4.69) is 5.16 Å². The number of rotatable bonds is 1. The minimum absolute atomic E-state index is 0.0126. The lowest BCUT2D eigenvalue weighted by Gasteiger charge is -2.18. The lowest BCUT2D eigenvalue weighted by molar-refractivity contribution is -0.137. The number of carbonyl (C=O) groups excluding carboxylic acids is 1. The summed E-state index contributed by atoms with van der Waals surface area (Å²) in [4.78, 5) is 12.2. The number of hydrogen-bond acceptors (Lipinski definition) is 4. The Morgan fingerprint density at radius 2 is 1.75 bits per heavy atom. The van der Waals surface area contributed by atoms with Gasteiger partial charge in [-0.25, -0.2) is 0 Å². The van der Waals surface area contributed by atoms with Crippen LogP contribution in [-0.4, -0.2) is 21.8 Å². The summed E-state index contributed by atoms with van der Waals surface area (Å²) in [7, 11) is 0. The first-order chi connectivity index (χ1) is 11.3. The molecule has 0 aromatic heterocycles. The van der Waals surface area contributed by atoms with E-state index >= 15 is 0 Å². The molecule has 7 heteroatoms. The molecule has 2 N–H and O–H groups in total. The maximum Gasteiger partial charge on any atom is 0.417 e. The highest BCUT2D eigenvalue weighted by molar-refractivity contribution is 6.47. The average molecular weight is 335 g/mol. The SMILES string of the molecule is O=C1/C(=N\O)CCc2ccc(-c3ccc(O)cc3C(F)(F)F)cc21. The third kappa shape index (κ3) is 2.73. The number of carbonyl (C=O) groups is 1. The van der Waals surface area contributed by atoms with Crippen molar-refractivity contribution in [2.45, 2.75) is 19.0 Å². The molecule has 124 valence electrons. The van der Waals surface area contributed by atoms with E-state index in [0.29, 0.717) is 18.1 Å². The number of benzene rings is 2. The molecule has 0 saturated carbocycles.